The lowest BCUT2D eigenvalue weighted by atomic mass is 10.2. The lowest BCUT2D eigenvalue weighted by Crippen LogP contribution is -2.40. The van der Waals surface area contributed by atoms with E-state index in [4.69, 9.17) is 4.43 Å². The first-order valence-electron chi connectivity index (χ1n) is 4.73. The summed E-state index contributed by atoms with van der Waals surface area (Å²) < 4.78 is 5.90. The molecule has 76 valence electrons. The summed E-state index contributed by atoms with van der Waals surface area (Å²) in [6.07, 6.45) is 5.70. The molecule has 0 aromatic rings. The highest BCUT2D eigenvalue weighted by atomic mass is 28.4. The van der Waals surface area contributed by atoms with Gasteiger partial charge in [-0.3, -0.25) is 0 Å². The van der Waals surface area contributed by atoms with Gasteiger partial charge in [-0.1, -0.05) is 45.6 Å². The molecule has 0 aliphatic rings. The molecule has 0 atom stereocenters. The van der Waals surface area contributed by atoms with Crippen molar-refractivity contribution in [2.45, 2.75) is 38.9 Å². The summed E-state index contributed by atoms with van der Waals surface area (Å²) in [5.41, 5.74) is 0. The lowest BCUT2D eigenvalue weighted by Gasteiger charge is -2.35. The lowest BCUT2D eigenvalue weighted by molar-refractivity contribution is 0.328. The van der Waals surface area contributed by atoms with Gasteiger partial charge in [0.25, 0.3) is 0 Å². The summed E-state index contributed by atoms with van der Waals surface area (Å²) >= 11 is 0. The van der Waals surface area contributed by atoms with Crippen molar-refractivity contribution < 1.29 is 4.43 Å². The third kappa shape index (κ3) is 4.43. The first kappa shape index (κ1) is 12.7. The van der Waals surface area contributed by atoms with Gasteiger partial charge in [0.05, 0.1) is 6.61 Å². The van der Waals surface area contributed by atoms with Gasteiger partial charge >= 0.3 is 0 Å². The maximum absolute atomic E-state index is 5.90. The summed E-state index contributed by atoms with van der Waals surface area (Å²) in [6, 6.07) is 0. The van der Waals surface area contributed by atoms with E-state index in [0.717, 1.165) is 0 Å². The minimum atomic E-state index is -1.54. The fourth-order valence-corrected chi connectivity index (χ4v) is 1.57. The van der Waals surface area contributed by atoms with E-state index in [0.29, 0.717) is 11.6 Å². The van der Waals surface area contributed by atoms with E-state index in [1.54, 1.807) is 6.08 Å². The fraction of sp³-hybridized carbons (Fsp3) is 0.636. The van der Waals surface area contributed by atoms with Gasteiger partial charge in [-0.05, 0) is 18.1 Å². The molecule has 0 aromatic carbocycles. The zero-order valence-corrected chi connectivity index (χ0v) is 10.6. The van der Waals surface area contributed by atoms with E-state index in [2.05, 4.69) is 40.4 Å². The minimum absolute atomic E-state index is 0.301. The van der Waals surface area contributed by atoms with Gasteiger partial charge in [0, 0.05) is 0 Å². The van der Waals surface area contributed by atoms with Crippen molar-refractivity contribution >= 4 is 8.32 Å². The standard InChI is InChI=1S/C11H22OSi/c1-7-8-9-10-12-13(5,6)11(2,3)4/h7-9H,1,10H2,2-6H3/b9-8+. The van der Waals surface area contributed by atoms with Crippen molar-refractivity contribution in [2.24, 2.45) is 0 Å². The Labute approximate surface area is 83.6 Å². The van der Waals surface area contributed by atoms with Crippen molar-refractivity contribution in [1.29, 1.82) is 0 Å². The molecule has 0 saturated heterocycles. The van der Waals surface area contributed by atoms with E-state index in [1.807, 2.05) is 12.2 Å². The number of hydrogen-bond donors (Lipinski definition) is 0. The Balaban J connectivity index is 4.04. The van der Waals surface area contributed by atoms with Crippen LogP contribution in [0.2, 0.25) is 18.1 Å². The van der Waals surface area contributed by atoms with Crippen LogP contribution in [0.15, 0.2) is 24.8 Å². The molecule has 0 N–H and O–H groups in total. The first-order chi connectivity index (χ1) is 5.81. The monoisotopic (exact) mass is 198 g/mol. The second-order valence-corrected chi connectivity index (χ2v) is 9.54. The Bertz CT molecular complexity index is 187. The summed E-state index contributed by atoms with van der Waals surface area (Å²) in [5, 5.41) is 0.301. The average Bonchev–Trinajstić information content (AvgIpc) is 1.96. The van der Waals surface area contributed by atoms with E-state index in [1.165, 1.54) is 0 Å². The van der Waals surface area contributed by atoms with E-state index in [9.17, 15) is 0 Å². The van der Waals surface area contributed by atoms with Gasteiger partial charge in [0.1, 0.15) is 0 Å². The van der Waals surface area contributed by atoms with Gasteiger partial charge in [0.2, 0.25) is 0 Å². The van der Waals surface area contributed by atoms with Crippen LogP contribution in [0.4, 0.5) is 0 Å². The van der Waals surface area contributed by atoms with Gasteiger partial charge in [-0.15, -0.1) is 0 Å². The number of hydrogen-bond acceptors (Lipinski definition) is 1. The third-order valence-electron chi connectivity index (χ3n) is 2.62. The van der Waals surface area contributed by atoms with Crippen LogP contribution >= 0.6 is 0 Å². The summed E-state index contributed by atoms with van der Waals surface area (Å²) in [6.45, 7) is 15.6. The molecule has 0 amide bonds. The molecule has 0 spiro atoms. The van der Waals surface area contributed by atoms with Crippen LogP contribution in [0.5, 0.6) is 0 Å². The van der Waals surface area contributed by atoms with Crippen LogP contribution < -0.4 is 0 Å². The Morgan fingerprint density at radius 2 is 1.85 bits per heavy atom. The predicted molar refractivity (Wildman–Crippen MR) is 62.5 cm³/mol. The molecule has 0 saturated carbocycles. The largest absolute Gasteiger partial charge is 0.413 e. The van der Waals surface area contributed by atoms with E-state index >= 15 is 0 Å². The fourth-order valence-electron chi connectivity index (χ4n) is 0.625. The molecule has 0 radical (unpaired) electrons. The molecular formula is C11H22OSi. The second kappa shape index (κ2) is 4.77. The van der Waals surface area contributed by atoms with Gasteiger partial charge < -0.3 is 4.43 Å². The molecule has 0 aromatic heterocycles. The van der Waals surface area contributed by atoms with Crippen LogP contribution in [-0.4, -0.2) is 14.9 Å². The van der Waals surface area contributed by atoms with Gasteiger partial charge in [0.15, 0.2) is 8.32 Å². The predicted octanol–water partition coefficient (Wildman–Crippen LogP) is 3.75. The Hall–Kier alpha value is -0.343. The van der Waals surface area contributed by atoms with E-state index in [-0.39, 0.29) is 0 Å². The molecule has 1 nitrogen and oxygen atoms in total. The Kier molecular flexibility index (Phi) is 4.65. The average molecular weight is 198 g/mol. The highest BCUT2D eigenvalue weighted by Crippen LogP contribution is 2.36. The second-order valence-electron chi connectivity index (χ2n) is 4.74. The molecule has 13 heavy (non-hydrogen) atoms. The molecule has 0 fully saturated rings. The highest BCUT2D eigenvalue weighted by molar-refractivity contribution is 6.74. The van der Waals surface area contributed by atoms with Crippen molar-refractivity contribution in [3.05, 3.63) is 24.8 Å². The molecule has 2 heteroatoms. The van der Waals surface area contributed by atoms with Crippen LogP contribution in [-0.2, 0) is 4.43 Å². The van der Waals surface area contributed by atoms with Crippen molar-refractivity contribution in [1.82, 2.24) is 0 Å². The third-order valence-corrected chi connectivity index (χ3v) is 7.12. The maximum atomic E-state index is 5.90. The normalized spacial score (nSPS) is 13.6. The maximum Gasteiger partial charge on any atom is 0.192 e. The molecule has 0 aliphatic heterocycles. The molecule has 0 bridgehead atoms. The van der Waals surface area contributed by atoms with Crippen LogP contribution in [0.1, 0.15) is 20.8 Å². The molecule has 0 rings (SSSR count). The zero-order valence-electron chi connectivity index (χ0n) is 9.55. The Morgan fingerprint density at radius 1 is 1.31 bits per heavy atom. The van der Waals surface area contributed by atoms with Crippen molar-refractivity contribution in [3.63, 3.8) is 0 Å². The van der Waals surface area contributed by atoms with Crippen LogP contribution in [0, 0.1) is 0 Å². The van der Waals surface area contributed by atoms with Gasteiger partial charge in [-0.2, -0.15) is 0 Å². The summed E-state index contributed by atoms with van der Waals surface area (Å²) in [4.78, 5) is 0. The molecule has 0 unspecified atom stereocenters. The minimum Gasteiger partial charge on any atom is -0.413 e. The quantitative estimate of drug-likeness (QED) is 0.494. The highest BCUT2D eigenvalue weighted by Gasteiger charge is 2.36. The smallest absolute Gasteiger partial charge is 0.192 e. The van der Waals surface area contributed by atoms with Gasteiger partial charge in [-0.25, -0.2) is 0 Å². The first-order valence-corrected chi connectivity index (χ1v) is 7.63. The van der Waals surface area contributed by atoms with Crippen molar-refractivity contribution in [2.75, 3.05) is 6.61 Å². The van der Waals surface area contributed by atoms with Crippen LogP contribution in [0.3, 0.4) is 0 Å². The molecule has 0 heterocycles. The van der Waals surface area contributed by atoms with Crippen LogP contribution in [0.25, 0.3) is 0 Å². The number of rotatable bonds is 4. The molecule has 0 aliphatic carbocycles. The molecular weight excluding hydrogens is 176 g/mol. The zero-order chi connectivity index (χ0) is 10.5. The number of allylic oxidation sites excluding steroid dienone is 2. The van der Waals surface area contributed by atoms with Crippen molar-refractivity contribution in [3.8, 4) is 0 Å². The Morgan fingerprint density at radius 3 is 2.23 bits per heavy atom. The van der Waals surface area contributed by atoms with E-state index < -0.39 is 8.32 Å². The summed E-state index contributed by atoms with van der Waals surface area (Å²) in [5.74, 6) is 0. The SMILES string of the molecule is C=C/C=C/CO[Si](C)(C)C(C)(C)C. The summed E-state index contributed by atoms with van der Waals surface area (Å²) in [7, 11) is -1.54. The topological polar surface area (TPSA) is 9.23 Å².